The Balaban J connectivity index is 0.000000206. The number of carbonyl (C=O) groups is 2. The molecule has 0 spiro atoms. The molecule has 0 heterocycles. The lowest BCUT2D eigenvalue weighted by atomic mass is 9.50. The molecule has 0 atom stereocenters. The Hall–Kier alpha value is -4.68. The van der Waals surface area contributed by atoms with Gasteiger partial charge in [-0.15, -0.1) is 0 Å². The highest BCUT2D eigenvalue weighted by Gasteiger charge is 2.59. The van der Waals surface area contributed by atoms with Crippen LogP contribution < -0.4 is 0 Å². The summed E-state index contributed by atoms with van der Waals surface area (Å²) in [6.07, 6.45) is -2.81. The van der Waals surface area contributed by atoms with Crippen LogP contribution in [0.25, 0.3) is 0 Å². The lowest BCUT2D eigenvalue weighted by Gasteiger charge is -2.56. The predicted molar refractivity (Wildman–Crippen MR) is 213 cm³/mol. The maximum atomic E-state index is 14.4. The number of alkyl halides is 11. The van der Waals surface area contributed by atoms with Crippen LogP contribution in [0, 0.1) is 46.3 Å². The van der Waals surface area contributed by atoms with E-state index in [0.717, 1.165) is 69.9 Å². The van der Waals surface area contributed by atoms with Gasteiger partial charge in [-0.25, -0.2) is 9.59 Å². The van der Waals surface area contributed by atoms with E-state index in [-0.39, 0.29) is 24.2 Å². The number of halogens is 11. The maximum Gasteiger partial charge on any atom is 0.490 e. The Labute approximate surface area is 380 Å². The summed E-state index contributed by atoms with van der Waals surface area (Å²) in [5.41, 5.74) is -4.49. The van der Waals surface area contributed by atoms with Gasteiger partial charge in [-0.2, -0.15) is 65.1 Å². The summed E-state index contributed by atoms with van der Waals surface area (Å²) in [7, 11) is -6.20. The van der Waals surface area contributed by atoms with Gasteiger partial charge in [-0.1, -0.05) is 71.0 Å². The van der Waals surface area contributed by atoms with E-state index in [0.29, 0.717) is 35.5 Å². The highest BCUT2D eigenvalue weighted by Crippen LogP contribution is 2.61. The van der Waals surface area contributed by atoms with E-state index in [2.05, 4.69) is 19.3 Å². The topological polar surface area (TPSA) is 175 Å². The molecule has 0 amide bonds. The van der Waals surface area contributed by atoms with Crippen LogP contribution in [0.3, 0.4) is 0 Å². The van der Waals surface area contributed by atoms with Gasteiger partial charge in [0.1, 0.15) is 0 Å². The van der Waals surface area contributed by atoms with Crippen molar-refractivity contribution in [2.24, 2.45) is 56.6 Å². The molecular weight excluding hydrogens is 966 g/mol. The number of oxime groups is 2. The van der Waals surface area contributed by atoms with Gasteiger partial charge in [0.05, 0.1) is 13.2 Å². The summed E-state index contributed by atoms with van der Waals surface area (Å²) in [4.78, 5) is 22.8. The first-order valence-corrected chi connectivity index (χ1v) is 22.9. The van der Waals surface area contributed by atoms with Crippen molar-refractivity contribution >= 4 is 45.1 Å². The molecule has 8 aliphatic carbocycles. The summed E-state index contributed by atoms with van der Waals surface area (Å²) in [6, 6.07) is 12.6. The Morgan fingerprint density at radius 1 is 0.567 bits per heavy atom. The van der Waals surface area contributed by atoms with E-state index in [1.807, 2.05) is 0 Å². The molecule has 0 aliphatic heterocycles. The van der Waals surface area contributed by atoms with Crippen molar-refractivity contribution in [2.45, 2.75) is 101 Å². The van der Waals surface area contributed by atoms with Crippen LogP contribution in [0.2, 0.25) is 0 Å². The second-order valence-electron chi connectivity index (χ2n) is 18.2. The summed E-state index contributed by atoms with van der Waals surface area (Å²) >= 11 is -0.750. The average molecular weight is 1010 g/mol. The van der Waals surface area contributed by atoms with E-state index in [9.17, 15) is 66.3 Å². The van der Waals surface area contributed by atoms with Crippen molar-refractivity contribution in [1.29, 1.82) is 0 Å². The number of ether oxygens (including phenoxy) is 2. The highest BCUT2D eigenvalue weighted by atomic mass is 32.2. The maximum absolute atomic E-state index is 14.4. The number of esters is 2. The zero-order valence-corrected chi connectivity index (χ0v) is 36.8. The number of rotatable bonds is 10. The first-order chi connectivity index (χ1) is 31.1. The third kappa shape index (κ3) is 13.5. The van der Waals surface area contributed by atoms with Crippen LogP contribution in [-0.2, 0) is 45.0 Å². The number of hydrogen-bond acceptors (Lipinski definition) is 12. The molecule has 2 aromatic rings. The van der Waals surface area contributed by atoms with Gasteiger partial charge in [-0.05, 0) is 113 Å². The van der Waals surface area contributed by atoms with Crippen LogP contribution in [0.15, 0.2) is 71.0 Å². The van der Waals surface area contributed by atoms with Gasteiger partial charge in [0.25, 0.3) is 0 Å². The fourth-order valence-corrected chi connectivity index (χ4v) is 12.0. The Morgan fingerprint density at radius 2 is 0.881 bits per heavy atom. The summed E-state index contributed by atoms with van der Waals surface area (Å²) in [5.74, 6) is -1.13. The molecule has 0 radical (unpaired) electrons. The summed E-state index contributed by atoms with van der Waals surface area (Å²) in [5, 5.41) is 7.59. The van der Waals surface area contributed by atoms with Crippen LogP contribution in [0.4, 0.5) is 48.3 Å². The molecule has 0 aromatic heterocycles. The smallest absolute Gasteiger partial charge is 0.460 e. The third-order valence-corrected chi connectivity index (χ3v) is 14.2. The molecule has 67 heavy (non-hydrogen) atoms. The first-order valence-electron chi connectivity index (χ1n) is 20.8. The van der Waals surface area contributed by atoms with E-state index >= 15 is 0 Å². The SMILES string of the molecule is O/N=C(/c1ccccc1)C(F)(F)F.O=C(OCC12CC3CC(CC(C3)C1)C2)C(F)(F)F.O=C(OCC12CC3CC(CC(C3)C1)C2)C(F)(F)S(=O)(=O)O/N=C(/c1ccccc1)C(F)(F)F.O=S=O. The molecule has 1 N–H and O–H groups in total. The predicted octanol–water partition coefficient (Wildman–Crippen LogP) is 9.72. The molecule has 12 nitrogen and oxygen atoms in total. The zero-order chi connectivity index (χ0) is 49.6. The minimum Gasteiger partial charge on any atom is -0.460 e. The van der Waals surface area contributed by atoms with Crippen LogP contribution in [0.5, 0.6) is 0 Å². The minimum absolute atomic E-state index is 0.0329. The van der Waals surface area contributed by atoms with Crippen molar-refractivity contribution in [3.63, 3.8) is 0 Å². The first kappa shape index (κ1) is 53.3. The van der Waals surface area contributed by atoms with Crippen molar-refractivity contribution in [3.8, 4) is 0 Å². The van der Waals surface area contributed by atoms with Crippen molar-refractivity contribution in [2.75, 3.05) is 13.2 Å². The monoisotopic (exact) mass is 1010 g/mol. The Bertz CT molecular complexity index is 2180. The standard InChI is InChI=1S/C21H22F5NO5S.C13H17F3O2.C8H6F3NO.O2S/c22-20(23,24)17(16-4-2-1-3-5-16)27-32-33(29,30)21(25,26)18(28)31-12-19-9-13-6-14(10-19)8-15(7-13)11-19;14-13(15,16)11(17)18-7-12-4-8-1-9(5-12)3-10(2-8)6-12;9-8(10,11)7(12-13)6-4-2-1-3-5-6;1-3-2/h1-5,13-15H,6-12H2;8-10H,1-7H2;1-5,13H;/b27-17-;;12-7-;. The van der Waals surface area contributed by atoms with Gasteiger partial charge in [0.2, 0.25) is 0 Å². The second-order valence-corrected chi connectivity index (χ2v) is 19.9. The normalized spacial score (nSPS) is 28.6. The second kappa shape index (κ2) is 20.9. The Morgan fingerprint density at radius 3 is 1.18 bits per heavy atom. The average Bonchev–Trinajstić information content (AvgIpc) is 3.21. The van der Waals surface area contributed by atoms with Gasteiger partial charge >= 0.3 is 57.4 Å². The largest absolute Gasteiger partial charge is 0.490 e. The highest BCUT2D eigenvalue weighted by molar-refractivity contribution is 7.88. The molecule has 10 rings (SSSR count). The molecule has 8 aliphatic rings. The van der Waals surface area contributed by atoms with Crippen molar-refractivity contribution < 1.29 is 93.7 Å². The van der Waals surface area contributed by atoms with Crippen molar-refractivity contribution in [3.05, 3.63) is 71.8 Å². The van der Waals surface area contributed by atoms with Crippen molar-refractivity contribution in [1.82, 2.24) is 0 Å². The molecular formula is C42H45F11N2O10S2. The molecule has 0 unspecified atom stereocenters. The molecule has 372 valence electrons. The van der Waals surface area contributed by atoms with E-state index in [1.54, 1.807) is 6.07 Å². The van der Waals surface area contributed by atoms with Crippen LogP contribution in [-0.4, -0.2) is 82.4 Å². The quantitative estimate of drug-likeness (QED) is 0.0793. The Kier molecular flexibility index (Phi) is 16.6. The van der Waals surface area contributed by atoms with E-state index in [1.165, 1.54) is 61.7 Å². The summed E-state index contributed by atoms with van der Waals surface area (Å²) in [6.45, 7) is -0.392. The summed E-state index contributed by atoms with van der Waals surface area (Å²) < 4.78 is 195. The van der Waals surface area contributed by atoms with E-state index in [4.69, 9.17) is 18.4 Å². The fraction of sp³-hybridized carbons (Fsp3) is 0.619. The molecule has 0 saturated heterocycles. The molecule has 25 heteroatoms. The van der Waals surface area contributed by atoms with Gasteiger partial charge in [0, 0.05) is 22.0 Å². The van der Waals surface area contributed by atoms with Gasteiger partial charge in [0.15, 0.2) is 11.4 Å². The number of hydrogen-bond donors (Lipinski definition) is 1. The van der Waals surface area contributed by atoms with Gasteiger partial charge < -0.3 is 14.7 Å². The molecule has 8 saturated carbocycles. The van der Waals surface area contributed by atoms with Gasteiger partial charge in [-0.3, -0.25) is 4.28 Å². The lowest BCUT2D eigenvalue weighted by Crippen LogP contribution is -2.49. The van der Waals surface area contributed by atoms with Crippen LogP contribution >= 0.6 is 0 Å². The lowest BCUT2D eigenvalue weighted by molar-refractivity contribution is -0.207. The molecule has 8 fully saturated rings. The van der Waals surface area contributed by atoms with E-state index < -0.39 is 79.8 Å². The molecule has 2 aromatic carbocycles. The number of nitrogens with zero attached hydrogens (tertiary/aromatic N) is 2. The fourth-order valence-electron chi connectivity index (χ4n) is 11.5. The zero-order valence-electron chi connectivity index (χ0n) is 35.1. The third-order valence-electron chi connectivity index (χ3n) is 13.1. The number of benzene rings is 2. The number of carbonyl (C=O) groups excluding carboxylic acids is 2. The van der Waals surface area contributed by atoms with Crippen LogP contribution in [0.1, 0.15) is 88.2 Å². The minimum atomic E-state index is -6.20. The molecule has 8 bridgehead atoms.